The standard InChI is InChI=1S/C10H10BNS/c1-11-10-12-9(7-13-10)8-5-3-2-4-6-8/h2-7,11H,1H3. The number of aromatic nitrogens is 1. The van der Waals surface area contributed by atoms with Crippen molar-refractivity contribution >= 4 is 23.5 Å². The Morgan fingerprint density at radius 2 is 2.00 bits per heavy atom. The Morgan fingerprint density at radius 1 is 1.23 bits per heavy atom. The Balaban J connectivity index is 2.36. The van der Waals surface area contributed by atoms with Crippen LogP contribution in [0, 0.1) is 0 Å². The van der Waals surface area contributed by atoms with Gasteiger partial charge < -0.3 is 0 Å². The minimum atomic E-state index is 1.03. The monoisotopic (exact) mass is 187 g/mol. The average molecular weight is 187 g/mol. The largest absolute Gasteiger partial charge is 0.252 e. The van der Waals surface area contributed by atoms with Crippen molar-refractivity contribution < 1.29 is 0 Å². The van der Waals surface area contributed by atoms with Gasteiger partial charge in [-0.3, -0.25) is 4.98 Å². The summed E-state index contributed by atoms with van der Waals surface area (Å²) in [6.45, 7) is 2.13. The topological polar surface area (TPSA) is 12.9 Å². The first-order chi connectivity index (χ1) is 6.40. The number of hydrogen-bond donors (Lipinski definition) is 0. The van der Waals surface area contributed by atoms with E-state index in [-0.39, 0.29) is 0 Å². The molecule has 13 heavy (non-hydrogen) atoms. The second-order valence-corrected chi connectivity index (χ2v) is 3.79. The summed E-state index contributed by atoms with van der Waals surface area (Å²) in [6.07, 6.45) is 0. The number of nitrogens with zero attached hydrogens (tertiary/aromatic N) is 1. The van der Waals surface area contributed by atoms with Crippen LogP contribution >= 0.6 is 11.3 Å². The Kier molecular flexibility index (Phi) is 2.46. The number of hydrogen-bond acceptors (Lipinski definition) is 2. The fourth-order valence-corrected chi connectivity index (χ4v) is 1.97. The molecule has 0 fully saturated rings. The van der Waals surface area contributed by atoms with Gasteiger partial charge in [0.05, 0.1) is 5.69 Å². The zero-order valence-corrected chi connectivity index (χ0v) is 8.34. The molecule has 1 aromatic heterocycles. The number of rotatable bonds is 2. The van der Waals surface area contributed by atoms with Gasteiger partial charge in [0, 0.05) is 15.9 Å². The fraction of sp³-hybridized carbons (Fsp3) is 0.100. The third-order valence-corrected chi connectivity index (χ3v) is 2.92. The van der Waals surface area contributed by atoms with Crippen molar-refractivity contribution in [1.82, 2.24) is 4.98 Å². The second kappa shape index (κ2) is 3.75. The normalized spacial score (nSPS) is 9.92. The molecule has 0 amide bonds. The van der Waals surface area contributed by atoms with Gasteiger partial charge in [-0.15, -0.1) is 11.3 Å². The lowest BCUT2D eigenvalue weighted by Gasteiger charge is -1.93. The van der Waals surface area contributed by atoms with Crippen molar-refractivity contribution in [1.29, 1.82) is 0 Å². The maximum absolute atomic E-state index is 4.52. The van der Waals surface area contributed by atoms with Gasteiger partial charge in [0.2, 0.25) is 0 Å². The van der Waals surface area contributed by atoms with Crippen molar-refractivity contribution in [2.24, 2.45) is 0 Å². The zero-order chi connectivity index (χ0) is 9.10. The van der Waals surface area contributed by atoms with E-state index < -0.39 is 0 Å². The molecule has 1 heterocycles. The van der Waals surface area contributed by atoms with E-state index in [1.807, 2.05) is 18.2 Å². The highest BCUT2D eigenvalue weighted by molar-refractivity contribution is 7.19. The summed E-state index contributed by atoms with van der Waals surface area (Å²) >= 11 is 1.73. The summed E-state index contributed by atoms with van der Waals surface area (Å²) in [5.74, 6) is 0. The van der Waals surface area contributed by atoms with Crippen molar-refractivity contribution in [3.63, 3.8) is 0 Å². The van der Waals surface area contributed by atoms with E-state index in [4.69, 9.17) is 0 Å². The SMILES string of the molecule is CBc1nc(-c2ccccc2)cs1. The molecule has 3 heteroatoms. The van der Waals surface area contributed by atoms with Crippen molar-refractivity contribution in [2.45, 2.75) is 6.82 Å². The van der Waals surface area contributed by atoms with Crippen molar-refractivity contribution in [3.8, 4) is 11.3 Å². The molecule has 0 aliphatic carbocycles. The summed E-state index contributed by atoms with van der Waals surface area (Å²) < 4.78 is 0. The van der Waals surface area contributed by atoms with E-state index >= 15 is 0 Å². The molecular formula is C10H10BNS. The van der Waals surface area contributed by atoms with E-state index in [1.165, 1.54) is 10.5 Å². The highest BCUT2D eigenvalue weighted by atomic mass is 32.1. The van der Waals surface area contributed by atoms with Gasteiger partial charge in [-0.1, -0.05) is 37.2 Å². The molecule has 0 spiro atoms. The van der Waals surface area contributed by atoms with Crippen LogP contribution in [0.1, 0.15) is 0 Å². The number of thiazole rings is 1. The van der Waals surface area contributed by atoms with Crippen molar-refractivity contribution in [2.75, 3.05) is 0 Å². The highest BCUT2D eigenvalue weighted by Crippen LogP contribution is 2.16. The van der Waals surface area contributed by atoms with Crippen LogP contribution in [0.4, 0.5) is 0 Å². The Morgan fingerprint density at radius 3 is 2.62 bits per heavy atom. The van der Waals surface area contributed by atoms with Crippen LogP contribution in [0.3, 0.4) is 0 Å². The van der Waals surface area contributed by atoms with Crippen LogP contribution in [-0.2, 0) is 0 Å². The molecule has 0 atom stereocenters. The predicted molar refractivity (Wildman–Crippen MR) is 60.2 cm³/mol. The van der Waals surface area contributed by atoms with Crippen LogP contribution in [0.2, 0.25) is 6.82 Å². The molecule has 0 N–H and O–H groups in total. The van der Waals surface area contributed by atoms with Gasteiger partial charge in [0.1, 0.15) is 0 Å². The van der Waals surface area contributed by atoms with Crippen LogP contribution in [0.25, 0.3) is 11.3 Å². The quantitative estimate of drug-likeness (QED) is 0.654. The average Bonchev–Trinajstić information content (AvgIpc) is 2.67. The molecule has 0 unspecified atom stereocenters. The zero-order valence-electron chi connectivity index (χ0n) is 7.53. The van der Waals surface area contributed by atoms with Gasteiger partial charge >= 0.3 is 0 Å². The van der Waals surface area contributed by atoms with Crippen LogP contribution in [0.15, 0.2) is 35.7 Å². The first-order valence-electron chi connectivity index (χ1n) is 4.40. The third kappa shape index (κ3) is 1.81. The summed E-state index contributed by atoms with van der Waals surface area (Å²) in [5.41, 5.74) is 2.31. The van der Waals surface area contributed by atoms with Gasteiger partial charge in [-0.2, -0.15) is 0 Å². The molecular weight excluding hydrogens is 177 g/mol. The van der Waals surface area contributed by atoms with E-state index in [0.717, 1.165) is 13.0 Å². The maximum atomic E-state index is 4.52. The van der Waals surface area contributed by atoms with Crippen LogP contribution in [0.5, 0.6) is 0 Å². The van der Waals surface area contributed by atoms with E-state index in [1.54, 1.807) is 11.3 Å². The summed E-state index contributed by atoms with van der Waals surface area (Å²) in [6, 6.07) is 10.3. The minimum absolute atomic E-state index is 1.03. The maximum Gasteiger partial charge on any atom is 0.192 e. The molecule has 0 radical (unpaired) electrons. The molecule has 0 bridgehead atoms. The van der Waals surface area contributed by atoms with Gasteiger partial charge in [-0.25, -0.2) is 0 Å². The van der Waals surface area contributed by atoms with E-state index in [0.29, 0.717) is 0 Å². The van der Waals surface area contributed by atoms with Crippen molar-refractivity contribution in [3.05, 3.63) is 35.7 Å². The summed E-state index contributed by atoms with van der Waals surface area (Å²) in [5, 5.41) is 2.12. The molecule has 1 nitrogen and oxygen atoms in total. The van der Waals surface area contributed by atoms with E-state index in [9.17, 15) is 0 Å². The third-order valence-electron chi connectivity index (χ3n) is 1.92. The molecule has 2 rings (SSSR count). The van der Waals surface area contributed by atoms with Gasteiger partial charge in [-0.05, 0) is 0 Å². The first kappa shape index (κ1) is 8.51. The van der Waals surface area contributed by atoms with Crippen LogP contribution < -0.4 is 4.91 Å². The fourth-order valence-electron chi connectivity index (χ4n) is 1.21. The molecule has 0 saturated carbocycles. The van der Waals surface area contributed by atoms with Gasteiger partial charge in [0.25, 0.3) is 0 Å². The smallest absolute Gasteiger partial charge is 0.192 e. The Hall–Kier alpha value is -1.09. The highest BCUT2D eigenvalue weighted by Gasteiger charge is 2.01. The predicted octanol–water partition coefficient (Wildman–Crippen LogP) is 1.92. The Labute approximate surface area is 82.7 Å². The summed E-state index contributed by atoms with van der Waals surface area (Å²) in [4.78, 5) is 5.72. The lowest BCUT2D eigenvalue weighted by molar-refractivity contribution is 1.45. The lowest BCUT2D eigenvalue weighted by Crippen LogP contribution is -2.07. The summed E-state index contributed by atoms with van der Waals surface area (Å²) in [7, 11) is 1.03. The Bertz CT molecular complexity index is 383. The molecule has 0 aliphatic heterocycles. The molecule has 0 saturated heterocycles. The van der Waals surface area contributed by atoms with E-state index in [2.05, 4.69) is 29.3 Å². The second-order valence-electron chi connectivity index (χ2n) is 2.85. The van der Waals surface area contributed by atoms with Crippen LogP contribution in [-0.4, -0.2) is 12.3 Å². The first-order valence-corrected chi connectivity index (χ1v) is 5.28. The molecule has 0 aliphatic rings. The molecule has 1 aromatic carbocycles. The minimum Gasteiger partial charge on any atom is -0.252 e. The van der Waals surface area contributed by atoms with Gasteiger partial charge in [0.15, 0.2) is 7.28 Å². The molecule has 64 valence electrons. The molecule has 2 aromatic rings. The lowest BCUT2D eigenvalue weighted by atomic mass is 9.84. The number of benzene rings is 1.